The van der Waals surface area contributed by atoms with Crippen LogP contribution in [0.15, 0.2) is 24.3 Å². The maximum Gasteiger partial charge on any atom is 0.315 e. The predicted molar refractivity (Wildman–Crippen MR) is 92.7 cm³/mol. The van der Waals surface area contributed by atoms with E-state index in [4.69, 9.17) is 9.88 Å². The highest BCUT2D eigenvalue weighted by atomic mass is 32.2. The molecule has 0 spiro atoms. The number of hydrogen-bond donors (Lipinski definition) is 3. The zero-order valence-corrected chi connectivity index (χ0v) is 14.7. The summed E-state index contributed by atoms with van der Waals surface area (Å²) in [6, 6.07) is 7.75. The molecule has 0 radical (unpaired) electrons. The SMILES string of the molecule is CSCc1cccc(CNC(=O)NCCOCCS(N)(=O)=O)c1. The van der Waals surface area contributed by atoms with E-state index in [2.05, 4.69) is 22.8 Å². The highest BCUT2D eigenvalue weighted by molar-refractivity contribution is 7.97. The summed E-state index contributed by atoms with van der Waals surface area (Å²) in [5.74, 6) is 0.710. The Labute approximate surface area is 141 Å². The van der Waals surface area contributed by atoms with Crippen LogP contribution < -0.4 is 15.8 Å². The summed E-state index contributed by atoms with van der Waals surface area (Å²) < 4.78 is 26.4. The van der Waals surface area contributed by atoms with Crippen LogP contribution in [0.2, 0.25) is 0 Å². The lowest BCUT2D eigenvalue weighted by Crippen LogP contribution is -2.37. The number of carbonyl (C=O) groups is 1. The van der Waals surface area contributed by atoms with Crippen molar-refractivity contribution in [1.82, 2.24) is 10.6 Å². The normalized spacial score (nSPS) is 11.2. The van der Waals surface area contributed by atoms with Gasteiger partial charge in [0.1, 0.15) is 0 Å². The first-order valence-corrected chi connectivity index (χ1v) is 10.2. The Morgan fingerprint density at radius 1 is 1.26 bits per heavy atom. The number of nitrogens with two attached hydrogens (primary N) is 1. The molecule has 0 aliphatic carbocycles. The Balaban J connectivity index is 2.16. The van der Waals surface area contributed by atoms with Crippen molar-refractivity contribution in [2.24, 2.45) is 5.14 Å². The number of thioether (sulfide) groups is 1. The number of hydrogen-bond acceptors (Lipinski definition) is 5. The van der Waals surface area contributed by atoms with Gasteiger partial charge in [0.25, 0.3) is 0 Å². The molecule has 0 saturated carbocycles. The molecular weight excluding hydrogens is 338 g/mol. The molecule has 0 aromatic heterocycles. The third-order valence-electron chi connectivity index (χ3n) is 2.80. The third-order valence-corrected chi connectivity index (χ3v) is 4.16. The van der Waals surface area contributed by atoms with Crippen molar-refractivity contribution in [3.8, 4) is 0 Å². The first-order valence-electron chi connectivity index (χ1n) is 7.07. The summed E-state index contributed by atoms with van der Waals surface area (Å²) >= 11 is 1.75. The van der Waals surface area contributed by atoms with Gasteiger partial charge in [-0.25, -0.2) is 18.4 Å². The number of primary sulfonamides is 1. The molecule has 9 heteroatoms. The molecule has 2 amide bonds. The van der Waals surface area contributed by atoms with Crippen LogP contribution in [0, 0.1) is 0 Å². The molecular formula is C14H23N3O4S2. The molecule has 23 heavy (non-hydrogen) atoms. The van der Waals surface area contributed by atoms with Crippen LogP contribution in [0.25, 0.3) is 0 Å². The standard InChI is InChI=1S/C14H23N3O4S2/c1-22-11-13-4-2-3-12(9-13)10-17-14(18)16-5-6-21-7-8-23(15,19)20/h2-4,9H,5-8,10-11H2,1H3,(H2,15,19,20)(H2,16,17,18). The Morgan fingerprint density at radius 3 is 2.70 bits per heavy atom. The fourth-order valence-corrected chi connectivity index (χ4v) is 2.62. The van der Waals surface area contributed by atoms with E-state index in [-0.39, 0.29) is 25.0 Å². The zero-order valence-electron chi connectivity index (χ0n) is 13.1. The van der Waals surface area contributed by atoms with E-state index in [9.17, 15) is 13.2 Å². The van der Waals surface area contributed by atoms with Crippen molar-refractivity contribution < 1.29 is 17.9 Å². The lowest BCUT2D eigenvalue weighted by Gasteiger charge is -2.09. The smallest absolute Gasteiger partial charge is 0.315 e. The number of rotatable bonds is 10. The fraction of sp³-hybridized carbons (Fsp3) is 0.500. The lowest BCUT2D eigenvalue weighted by atomic mass is 10.1. The quantitative estimate of drug-likeness (QED) is 0.530. The van der Waals surface area contributed by atoms with Gasteiger partial charge in [0, 0.05) is 18.8 Å². The van der Waals surface area contributed by atoms with Crippen LogP contribution in [-0.4, -0.2) is 46.2 Å². The Bertz CT molecular complexity index is 593. The van der Waals surface area contributed by atoms with Crippen LogP contribution in [0.4, 0.5) is 4.79 Å². The second kappa shape index (κ2) is 10.5. The summed E-state index contributed by atoms with van der Waals surface area (Å²) in [7, 11) is -3.50. The van der Waals surface area contributed by atoms with Gasteiger partial charge in [-0.15, -0.1) is 0 Å². The van der Waals surface area contributed by atoms with Crippen molar-refractivity contribution in [2.75, 3.05) is 31.8 Å². The second-order valence-electron chi connectivity index (χ2n) is 4.84. The van der Waals surface area contributed by atoms with E-state index in [1.807, 2.05) is 18.4 Å². The average Bonchev–Trinajstić information content (AvgIpc) is 2.48. The first-order chi connectivity index (χ1) is 10.9. The highest BCUT2D eigenvalue weighted by Gasteiger charge is 2.03. The summed E-state index contributed by atoms with van der Waals surface area (Å²) in [5.41, 5.74) is 2.26. The van der Waals surface area contributed by atoms with Crippen molar-refractivity contribution in [3.63, 3.8) is 0 Å². The maximum absolute atomic E-state index is 11.6. The molecule has 0 fully saturated rings. The van der Waals surface area contributed by atoms with Crippen molar-refractivity contribution >= 4 is 27.8 Å². The molecule has 0 bridgehead atoms. The second-order valence-corrected chi connectivity index (χ2v) is 7.44. The van der Waals surface area contributed by atoms with E-state index in [1.54, 1.807) is 11.8 Å². The first kappa shape index (κ1) is 19.8. The van der Waals surface area contributed by atoms with E-state index in [0.29, 0.717) is 13.1 Å². The van der Waals surface area contributed by atoms with Crippen molar-refractivity contribution in [3.05, 3.63) is 35.4 Å². The topological polar surface area (TPSA) is 111 Å². The van der Waals surface area contributed by atoms with E-state index >= 15 is 0 Å². The number of carbonyl (C=O) groups excluding carboxylic acids is 1. The molecule has 1 rings (SSSR count). The van der Waals surface area contributed by atoms with E-state index < -0.39 is 10.0 Å². The minimum absolute atomic E-state index is 0.0182. The number of urea groups is 1. The van der Waals surface area contributed by atoms with Gasteiger partial charge in [0.2, 0.25) is 10.0 Å². The van der Waals surface area contributed by atoms with Gasteiger partial charge in [-0.05, 0) is 17.4 Å². The van der Waals surface area contributed by atoms with Gasteiger partial charge >= 0.3 is 6.03 Å². The molecule has 7 nitrogen and oxygen atoms in total. The van der Waals surface area contributed by atoms with Gasteiger partial charge in [-0.1, -0.05) is 24.3 Å². The average molecular weight is 361 g/mol. The fourth-order valence-electron chi connectivity index (χ4n) is 1.75. The van der Waals surface area contributed by atoms with Crippen LogP contribution in [0.1, 0.15) is 11.1 Å². The number of sulfonamides is 1. The number of benzene rings is 1. The van der Waals surface area contributed by atoms with E-state index in [0.717, 1.165) is 11.3 Å². The molecule has 0 aliphatic heterocycles. The van der Waals surface area contributed by atoms with Gasteiger partial charge in [0.15, 0.2) is 0 Å². The largest absolute Gasteiger partial charge is 0.379 e. The van der Waals surface area contributed by atoms with Gasteiger partial charge in [0.05, 0.1) is 19.0 Å². The Morgan fingerprint density at radius 2 is 2.00 bits per heavy atom. The van der Waals surface area contributed by atoms with Crippen LogP contribution in [0.5, 0.6) is 0 Å². The molecule has 0 aliphatic rings. The maximum atomic E-state index is 11.6. The highest BCUT2D eigenvalue weighted by Crippen LogP contribution is 2.11. The monoisotopic (exact) mass is 361 g/mol. The van der Waals surface area contributed by atoms with Crippen molar-refractivity contribution in [1.29, 1.82) is 0 Å². The molecule has 130 valence electrons. The predicted octanol–water partition coefficient (Wildman–Crippen LogP) is 0.654. The van der Waals surface area contributed by atoms with Crippen LogP contribution >= 0.6 is 11.8 Å². The Hall–Kier alpha value is -1.29. The van der Waals surface area contributed by atoms with Gasteiger partial charge < -0.3 is 15.4 Å². The Kier molecular flexibility index (Phi) is 9.00. The van der Waals surface area contributed by atoms with E-state index in [1.165, 1.54) is 5.56 Å². The molecule has 0 unspecified atom stereocenters. The minimum Gasteiger partial charge on any atom is -0.379 e. The zero-order chi connectivity index (χ0) is 17.1. The number of ether oxygens (including phenoxy) is 1. The van der Waals surface area contributed by atoms with Crippen LogP contribution in [-0.2, 0) is 27.1 Å². The number of amides is 2. The van der Waals surface area contributed by atoms with Crippen LogP contribution in [0.3, 0.4) is 0 Å². The summed E-state index contributed by atoms with van der Waals surface area (Å²) in [4.78, 5) is 11.6. The van der Waals surface area contributed by atoms with Gasteiger partial charge in [-0.3, -0.25) is 0 Å². The summed E-state index contributed by atoms with van der Waals surface area (Å²) in [6.45, 7) is 0.986. The molecule has 1 aromatic carbocycles. The molecule has 4 N–H and O–H groups in total. The third kappa shape index (κ3) is 10.2. The number of nitrogens with one attached hydrogen (secondary N) is 2. The molecule has 0 atom stereocenters. The molecule has 0 heterocycles. The van der Waals surface area contributed by atoms with Gasteiger partial charge in [-0.2, -0.15) is 11.8 Å². The summed E-state index contributed by atoms with van der Waals surface area (Å²) in [6.07, 6.45) is 2.05. The summed E-state index contributed by atoms with van der Waals surface area (Å²) in [5, 5.41) is 10.2. The molecule has 0 saturated heterocycles. The lowest BCUT2D eigenvalue weighted by molar-refractivity contribution is 0.150. The van der Waals surface area contributed by atoms with Crippen molar-refractivity contribution in [2.45, 2.75) is 12.3 Å². The minimum atomic E-state index is -3.50. The molecule has 1 aromatic rings.